The second-order valence-corrected chi connectivity index (χ2v) is 7.83. The molecule has 0 unspecified atom stereocenters. The van der Waals surface area contributed by atoms with Crippen LogP contribution in [0.4, 0.5) is 11.4 Å². The first-order valence-corrected chi connectivity index (χ1v) is 10.4. The Hall–Kier alpha value is -3.67. The molecule has 0 spiro atoms. The number of anilines is 1. The van der Waals surface area contributed by atoms with Gasteiger partial charge in [-0.05, 0) is 63.5 Å². The van der Waals surface area contributed by atoms with Crippen molar-refractivity contribution in [1.29, 1.82) is 5.26 Å². The van der Waals surface area contributed by atoms with Crippen LogP contribution in [0, 0.1) is 21.4 Å². The van der Waals surface area contributed by atoms with Crippen molar-refractivity contribution in [2.45, 2.75) is 6.61 Å². The second kappa shape index (κ2) is 10.6. The minimum atomic E-state index is -0.674. The quantitative estimate of drug-likeness (QED) is 0.177. The smallest absolute Gasteiger partial charge is 0.271 e. The first-order chi connectivity index (χ1) is 15.4. The van der Waals surface area contributed by atoms with Crippen LogP contribution in [0.3, 0.4) is 0 Å². The monoisotopic (exact) mass is 511 g/mol. The third kappa shape index (κ3) is 6.17. The maximum absolute atomic E-state index is 12.4. The molecule has 0 saturated carbocycles. The van der Waals surface area contributed by atoms with E-state index in [1.807, 2.05) is 18.2 Å². The van der Waals surface area contributed by atoms with E-state index in [0.29, 0.717) is 27.4 Å². The Morgan fingerprint density at radius 1 is 1.19 bits per heavy atom. The summed E-state index contributed by atoms with van der Waals surface area (Å²) in [4.78, 5) is 22.8. The summed E-state index contributed by atoms with van der Waals surface area (Å²) < 4.78 is 6.45. The largest absolute Gasteiger partial charge is 0.488 e. The summed E-state index contributed by atoms with van der Waals surface area (Å²) in [6.07, 6.45) is 1.42. The normalized spacial score (nSPS) is 10.8. The fourth-order valence-electron chi connectivity index (χ4n) is 2.68. The van der Waals surface area contributed by atoms with E-state index in [9.17, 15) is 20.2 Å². The molecular formula is C23H15BrClN3O4. The highest BCUT2D eigenvalue weighted by molar-refractivity contribution is 9.10. The van der Waals surface area contributed by atoms with Crippen LogP contribution >= 0.6 is 27.5 Å². The van der Waals surface area contributed by atoms with Crippen LogP contribution in [0.2, 0.25) is 5.02 Å². The SMILES string of the molecule is N#C/C(=C\c1ccc(OCc2ccc(Cl)cc2)c(Br)c1)C(=O)Nc1cccc([N+](=O)[O-])c1. The van der Waals surface area contributed by atoms with E-state index in [0.717, 1.165) is 5.56 Å². The molecule has 0 radical (unpaired) electrons. The topological polar surface area (TPSA) is 105 Å². The third-order valence-corrected chi connectivity index (χ3v) is 5.13. The molecular weight excluding hydrogens is 498 g/mol. The number of nitro benzene ring substituents is 1. The molecule has 0 heterocycles. The van der Waals surface area contributed by atoms with Gasteiger partial charge in [-0.15, -0.1) is 0 Å². The highest BCUT2D eigenvalue weighted by Crippen LogP contribution is 2.28. The molecule has 7 nitrogen and oxygen atoms in total. The lowest BCUT2D eigenvalue weighted by atomic mass is 10.1. The summed E-state index contributed by atoms with van der Waals surface area (Å²) in [6, 6.07) is 19.8. The molecule has 0 aliphatic rings. The number of amides is 1. The van der Waals surface area contributed by atoms with Gasteiger partial charge in [-0.25, -0.2) is 0 Å². The summed E-state index contributed by atoms with van der Waals surface area (Å²) in [7, 11) is 0. The van der Waals surface area contributed by atoms with Crippen molar-refractivity contribution in [3.8, 4) is 11.8 Å². The summed E-state index contributed by atoms with van der Waals surface area (Å²) in [5, 5.41) is 23.4. The molecule has 3 rings (SSSR count). The maximum Gasteiger partial charge on any atom is 0.271 e. The van der Waals surface area contributed by atoms with Crippen molar-refractivity contribution >= 4 is 50.9 Å². The number of rotatable bonds is 7. The standard InChI is InChI=1S/C23H15BrClN3O4/c24-21-11-16(6-9-22(21)32-14-15-4-7-18(25)8-5-15)10-17(13-26)23(29)27-19-2-1-3-20(12-19)28(30)31/h1-12H,14H2,(H,27,29)/b17-10+. The number of nitrogens with one attached hydrogen (secondary N) is 1. The van der Waals surface area contributed by atoms with Crippen molar-refractivity contribution in [2.24, 2.45) is 0 Å². The van der Waals surface area contributed by atoms with E-state index in [4.69, 9.17) is 16.3 Å². The third-order valence-electron chi connectivity index (χ3n) is 4.25. The highest BCUT2D eigenvalue weighted by atomic mass is 79.9. The first kappa shape index (κ1) is 23.0. The van der Waals surface area contributed by atoms with Crippen LogP contribution in [-0.4, -0.2) is 10.8 Å². The van der Waals surface area contributed by atoms with Crippen LogP contribution in [0.1, 0.15) is 11.1 Å². The van der Waals surface area contributed by atoms with Gasteiger partial charge < -0.3 is 10.1 Å². The van der Waals surface area contributed by atoms with Crippen LogP contribution < -0.4 is 10.1 Å². The molecule has 0 aliphatic carbocycles. The molecule has 1 amide bonds. The summed E-state index contributed by atoms with van der Waals surface area (Å²) >= 11 is 9.31. The zero-order valence-electron chi connectivity index (χ0n) is 16.4. The number of benzene rings is 3. The van der Waals surface area contributed by atoms with Crippen LogP contribution in [0.5, 0.6) is 5.75 Å². The van der Waals surface area contributed by atoms with Crippen molar-refractivity contribution < 1.29 is 14.5 Å². The lowest BCUT2D eigenvalue weighted by molar-refractivity contribution is -0.384. The average molecular weight is 513 g/mol. The van der Waals surface area contributed by atoms with E-state index in [2.05, 4.69) is 21.2 Å². The lowest BCUT2D eigenvalue weighted by Crippen LogP contribution is -2.13. The first-order valence-electron chi connectivity index (χ1n) is 9.20. The lowest BCUT2D eigenvalue weighted by Gasteiger charge is -2.09. The van der Waals surface area contributed by atoms with E-state index in [1.165, 1.54) is 30.3 Å². The van der Waals surface area contributed by atoms with Gasteiger partial charge in [0.15, 0.2) is 0 Å². The maximum atomic E-state index is 12.4. The Kier molecular flexibility index (Phi) is 7.60. The number of carbonyl (C=O) groups is 1. The Bertz CT molecular complexity index is 1240. The zero-order valence-corrected chi connectivity index (χ0v) is 18.8. The molecule has 32 heavy (non-hydrogen) atoms. The summed E-state index contributed by atoms with van der Waals surface area (Å²) in [5.74, 6) is -0.0798. The number of hydrogen-bond acceptors (Lipinski definition) is 5. The number of nitro groups is 1. The number of carbonyl (C=O) groups excluding carboxylic acids is 1. The van der Waals surface area contributed by atoms with Crippen LogP contribution in [-0.2, 0) is 11.4 Å². The molecule has 0 aliphatic heterocycles. The molecule has 3 aromatic rings. The van der Waals surface area contributed by atoms with Gasteiger partial charge in [-0.2, -0.15) is 5.26 Å². The Balaban J connectivity index is 1.71. The van der Waals surface area contributed by atoms with Crippen molar-refractivity contribution in [2.75, 3.05) is 5.32 Å². The van der Waals surface area contributed by atoms with E-state index >= 15 is 0 Å². The number of ether oxygens (including phenoxy) is 1. The summed E-state index contributed by atoms with van der Waals surface area (Å²) in [5.41, 5.74) is 1.45. The van der Waals surface area contributed by atoms with Gasteiger partial charge >= 0.3 is 0 Å². The molecule has 0 saturated heterocycles. The van der Waals surface area contributed by atoms with Crippen LogP contribution in [0.25, 0.3) is 6.08 Å². The van der Waals surface area contributed by atoms with Crippen molar-refractivity contribution in [1.82, 2.24) is 0 Å². The van der Waals surface area contributed by atoms with Gasteiger partial charge in [-0.1, -0.05) is 35.9 Å². The predicted octanol–water partition coefficient (Wildman–Crippen LogP) is 6.14. The van der Waals surface area contributed by atoms with Gasteiger partial charge in [-0.3, -0.25) is 14.9 Å². The number of non-ortho nitro benzene ring substituents is 1. The molecule has 9 heteroatoms. The fourth-order valence-corrected chi connectivity index (χ4v) is 3.31. The number of nitriles is 1. The second-order valence-electron chi connectivity index (χ2n) is 6.54. The van der Waals surface area contributed by atoms with Gasteiger partial charge in [0.2, 0.25) is 0 Å². The molecule has 0 aromatic heterocycles. The highest BCUT2D eigenvalue weighted by Gasteiger charge is 2.13. The number of halogens is 2. The molecule has 0 bridgehead atoms. The van der Waals surface area contributed by atoms with E-state index < -0.39 is 10.8 Å². The van der Waals surface area contributed by atoms with Crippen molar-refractivity contribution in [3.05, 3.63) is 103 Å². The number of hydrogen-bond donors (Lipinski definition) is 1. The molecule has 0 fully saturated rings. The fraction of sp³-hybridized carbons (Fsp3) is 0.0435. The molecule has 3 aromatic carbocycles. The Morgan fingerprint density at radius 2 is 1.94 bits per heavy atom. The Labute approximate surface area is 197 Å². The van der Waals surface area contributed by atoms with Gasteiger partial charge in [0.25, 0.3) is 11.6 Å². The van der Waals surface area contributed by atoms with E-state index in [1.54, 1.807) is 30.3 Å². The molecule has 0 atom stereocenters. The number of nitrogens with zero attached hydrogens (tertiary/aromatic N) is 2. The predicted molar refractivity (Wildman–Crippen MR) is 125 cm³/mol. The molecule has 1 N–H and O–H groups in total. The minimum Gasteiger partial charge on any atom is -0.488 e. The zero-order chi connectivity index (χ0) is 23.1. The van der Waals surface area contributed by atoms with Gasteiger partial charge in [0.05, 0.1) is 9.40 Å². The minimum absolute atomic E-state index is 0.154. The van der Waals surface area contributed by atoms with Gasteiger partial charge in [0, 0.05) is 22.8 Å². The summed E-state index contributed by atoms with van der Waals surface area (Å²) in [6.45, 7) is 0.347. The average Bonchev–Trinajstić information content (AvgIpc) is 2.78. The molecule has 160 valence electrons. The Morgan fingerprint density at radius 3 is 2.59 bits per heavy atom. The van der Waals surface area contributed by atoms with Crippen LogP contribution in [0.15, 0.2) is 76.8 Å². The van der Waals surface area contributed by atoms with Crippen molar-refractivity contribution in [3.63, 3.8) is 0 Å². The van der Waals surface area contributed by atoms with E-state index in [-0.39, 0.29) is 16.9 Å². The van der Waals surface area contributed by atoms with Gasteiger partial charge in [0.1, 0.15) is 24.0 Å².